The molecule has 0 spiro atoms. The van der Waals surface area contributed by atoms with Crippen molar-refractivity contribution in [2.75, 3.05) is 33.4 Å². The molecule has 0 radical (unpaired) electrons. The molecular weight excluding hydrogens is 190 g/mol. The summed E-state index contributed by atoms with van der Waals surface area (Å²) in [5, 5.41) is 12.6. The molecule has 1 aliphatic rings. The highest BCUT2D eigenvalue weighted by Gasteiger charge is 2.41. The minimum Gasteiger partial charge on any atom is -0.396 e. The Bertz CT molecular complexity index is 188. The van der Waals surface area contributed by atoms with Crippen LogP contribution < -0.4 is 5.32 Å². The van der Waals surface area contributed by atoms with Crippen LogP contribution in [-0.2, 0) is 4.74 Å². The van der Waals surface area contributed by atoms with Crippen LogP contribution in [0.1, 0.15) is 33.1 Å². The lowest BCUT2D eigenvalue weighted by Gasteiger charge is -2.24. The first kappa shape index (κ1) is 12.9. The van der Waals surface area contributed by atoms with Gasteiger partial charge in [0.15, 0.2) is 0 Å². The average molecular weight is 215 g/mol. The number of hydrogen-bond acceptors (Lipinski definition) is 3. The number of methoxy groups -OCH3 is 1. The van der Waals surface area contributed by atoms with Crippen LogP contribution in [0.5, 0.6) is 0 Å². The summed E-state index contributed by atoms with van der Waals surface area (Å²) in [6.45, 7) is 7.22. The van der Waals surface area contributed by atoms with Gasteiger partial charge in [-0.3, -0.25) is 0 Å². The molecule has 0 aliphatic heterocycles. The van der Waals surface area contributed by atoms with E-state index in [1.54, 1.807) is 7.11 Å². The van der Waals surface area contributed by atoms with Crippen molar-refractivity contribution in [2.24, 2.45) is 10.8 Å². The summed E-state index contributed by atoms with van der Waals surface area (Å²) < 4.78 is 5.12. The molecule has 15 heavy (non-hydrogen) atoms. The van der Waals surface area contributed by atoms with Gasteiger partial charge in [0.2, 0.25) is 0 Å². The Morgan fingerprint density at radius 3 is 2.53 bits per heavy atom. The summed E-state index contributed by atoms with van der Waals surface area (Å²) in [5.41, 5.74) is 0.499. The molecule has 0 aromatic carbocycles. The standard InChI is InChI=1S/C12H25NO2/c1-11(2,10-14)8-13-9-12(4-5-12)6-7-15-3/h13-14H,4-10H2,1-3H3. The molecule has 0 aromatic rings. The number of hydrogen-bond donors (Lipinski definition) is 2. The molecule has 0 saturated heterocycles. The third-order valence-corrected chi connectivity index (χ3v) is 3.33. The van der Waals surface area contributed by atoms with Gasteiger partial charge in [-0.15, -0.1) is 0 Å². The van der Waals surface area contributed by atoms with E-state index in [9.17, 15) is 0 Å². The molecule has 90 valence electrons. The third-order valence-electron chi connectivity index (χ3n) is 3.33. The largest absolute Gasteiger partial charge is 0.396 e. The average Bonchev–Trinajstić information content (AvgIpc) is 2.96. The highest BCUT2D eigenvalue weighted by molar-refractivity contribution is 4.94. The molecule has 1 rings (SSSR count). The molecule has 0 amide bonds. The second kappa shape index (κ2) is 5.28. The summed E-state index contributed by atoms with van der Waals surface area (Å²) in [4.78, 5) is 0. The molecule has 1 saturated carbocycles. The number of ether oxygens (including phenoxy) is 1. The fourth-order valence-electron chi connectivity index (χ4n) is 1.73. The van der Waals surface area contributed by atoms with Crippen molar-refractivity contribution in [3.8, 4) is 0 Å². The monoisotopic (exact) mass is 215 g/mol. The molecular formula is C12H25NO2. The molecule has 0 bridgehead atoms. The summed E-state index contributed by atoms with van der Waals surface area (Å²) in [6.07, 6.45) is 3.81. The van der Waals surface area contributed by atoms with Crippen LogP contribution in [-0.4, -0.2) is 38.5 Å². The zero-order valence-electron chi connectivity index (χ0n) is 10.3. The second-order valence-electron chi connectivity index (χ2n) is 5.67. The third kappa shape index (κ3) is 4.49. The van der Waals surface area contributed by atoms with Crippen molar-refractivity contribution in [2.45, 2.75) is 33.1 Å². The number of aliphatic hydroxyl groups is 1. The maximum absolute atomic E-state index is 9.12. The summed E-state index contributed by atoms with van der Waals surface area (Å²) >= 11 is 0. The maximum atomic E-state index is 9.12. The van der Waals surface area contributed by atoms with E-state index < -0.39 is 0 Å². The molecule has 0 unspecified atom stereocenters. The predicted molar refractivity (Wildman–Crippen MR) is 61.9 cm³/mol. The van der Waals surface area contributed by atoms with Crippen LogP contribution in [0.4, 0.5) is 0 Å². The van der Waals surface area contributed by atoms with E-state index in [0.29, 0.717) is 5.41 Å². The SMILES string of the molecule is COCCC1(CNCC(C)(C)CO)CC1. The van der Waals surface area contributed by atoms with Crippen molar-refractivity contribution in [1.29, 1.82) is 0 Å². The van der Waals surface area contributed by atoms with Gasteiger partial charge in [-0.25, -0.2) is 0 Å². The summed E-state index contributed by atoms with van der Waals surface area (Å²) in [5.74, 6) is 0. The zero-order valence-corrected chi connectivity index (χ0v) is 10.3. The van der Waals surface area contributed by atoms with E-state index in [-0.39, 0.29) is 12.0 Å². The first-order valence-electron chi connectivity index (χ1n) is 5.84. The molecule has 0 aromatic heterocycles. The smallest absolute Gasteiger partial charge is 0.0494 e. The van der Waals surface area contributed by atoms with Gasteiger partial charge in [0.25, 0.3) is 0 Å². The second-order valence-corrected chi connectivity index (χ2v) is 5.67. The Morgan fingerprint density at radius 1 is 1.40 bits per heavy atom. The first-order valence-corrected chi connectivity index (χ1v) is 5.84. The lowest BCUT2D eigenvalue weighted by Crippen LogP contribution is -2.35. The van der Waals surface area contributed by atoms with E-state index in [4.69, 9.17) is 9.84 Å². The van der Waals surface area contributed by atoms with Crippen molar-refractivity contribution < 1.29 is 9.84 Å². The van der Waals surface area contributed by atoms with Crippen LogP contribution in [0, 0.1) is 10.8 Å². The summed E-state index contributed by atoms with van der Waals surface area (Å²) in [7, 11) is 1.76. The minimum atomic E-state index is -0.00264. The van der Waals surface area contributed by atoms with Crippen molar-refractivity contribution in [1.82, 2.24) is 5.32 Å². The van der Waals surface area contributed by atoms with Gasteiger partial charge >= 0.3 is 0 Å². The topological polar surface area (TPSA) is 41.5 Å². The fourth-order valence-corrected chi connectivity index (χ4v) is 1.73. The van der Waals surface area contributed by atoms with E-state index in [2.05, 4.69) is 19.2 Å². The van der Waals surface area contributed by atoms with Crippen molar-refractivity contribution in [3.63, 3.8) is 0 Å². The minimum absolute atomic E-state index is 0.00264. The van der Waals surface area contributed by atoms with Gasteiger partial charge in [-0.05, 0) is 24.7 Å². The van der Waals surface area contributed by atoms with E-state index in [1.165, 1.54) is 12.8 Å². The van der Waals surface area contributed by atoms with Gasteiger partial charge in [0, 0.05) is 38.8 Å². The zero-order chi connectivity index (χ0) is 11.4. The van der Waals surface area contributed by atoms with Crippen LogP contribution in [0.2, 0.25) is 0 Å². The van der Waals surface area contributed by atoms with Gasteiger partial charge in [-0.2, -0.15) is 0 Å². The van der Waals surface area contributed by atoms with E-state index in [0.717, 1.165) is 26.1 Å². The van der Waals surface area contributed by atoms with E-state index in [1.807, 2.05) is 0 Å². The lowest BCUT2D eigenvalue weighted by molar-refractivity contribution is 0.148. The molecule has 3 nitrogen and oxygen atoms in total. The quantitative estimate of drug-likeness (QED) is 0.643. The lowest BCUT2D eigenvalue weighted by atomic mass is 9.94. The van der Waals surface area contributed by atoms with E-state index >= 15 is 0 Å². The van der Waals surface area contributed by atoms with Crippen LogP contribution in [0.25, 0.3) is 0 Å². The normalized spacial score (nSPS) is 19.2. The highest BCUT2D eigenvalue weighted by atomic mass is 16.5. The highest BCUT2D eigenvalue weighted by Crippen LogP contribution is 2.48. The maximum Gasteiger partial charge on any atom is 0.0494 e. The van der Waals surface area contributed by atoms with Crippen molar-refractivity contribution in [3.05, 3.63) is 0 Å². The molecule has 1 fully saturated rings. The molecule has 0 atom stereocenters. The Kier molecular flexibility index (Phi) is 4.56. The predicted octanol–water partition coefficient (Wildman–Crippen LogP) is 1.41. The molecule has 3 heteroatoms. The Morgan fingerprint density at radius 2 is 2.07 bits per heavy atom. The Hall–Kier alpha value is -0.120. The molecule has 2 N–H and O–H groups in total. The van der Waals surface area contributed by atoms with Gasteiger partial charge in [-0.1, -0.05) is 13.8 Å². The van der Waals surface area contributed by atoms with Gasteiger partial charge in [0.05, 0.1) is 0 Å². The fraction of sp³-hybridized carbons (Fsp3) is 1.00. The Labute approximate surface area is 93.2 Å². The number of aliphatic hydroxyl groups excluding tert-OH is 1. The van der Waals surface area contributed by atoms with Gasteiger partial charge in [0.1, 0.15) is 0 Å². The van der Waals surface area contributed by atoms with Gasteiger partial charge < -0.3 is 15.2 Å². The van der Waals surface area contributed by atoms with Crippen LogP contribution in [0.15, 0.2) is 0 Å². The van der Waals surface area contributed by atoms with Crippen LogP contribution in [0.3, 0.4) is 0 Å². The van der Waals surface area contributed by atoms with Crippen molar-refractivity contribution >= 4 is 0 Å². The Balaban J connectivity index is 2.14. The van der Waals surface area contributed by atoms with Crippen LogP contribution >= 0.6 is 0 Å². The molecule has 0 heterocycles. The first-order chi connectivity index (χ1) is 7.04. The summed E-state index contributed by atoms with van der Waals surface area (Å²) in [6, 6.07) is 0. The molecule has 1 aliphatic carbocycles. The number of rotatable bonds is 8. The number of nitrogens with one attached hydrogen (secondary N) is 1.